The lowest BCUT2D eigenvalue weighted by Gasteiger charge is -2.09. The van der Waals surface area contributed by atoms with E-state index in [4.69, 9.17) is 0 Å². The summed E-state index contributed by atoms with van der Waals surface area (Å²) in [4.78, 5) is 12.2. The molecular formula is C16H13F2NO3. The first-order valence-corrected chi connectivity index (χ1v) is 6.63. The van der Waals surface area contributed by atoms with Gasteiger partial charge in [-0.05, 0) is 49.2 Å². The molecule has 0 radical (unpaired) electrons. The van der Waals surface area contributed by atoms with E-state index in [1.54, 1.807) is 12.1 Å². The van der Waals surface area contributed by atoms with Crippen molar-refractivity contribution in [3.8, 4) is 11.5 Å². The molecule has 1 aliphatic rings. The Kier molecular flexibility index (Phi) is 3.24. The number of nitrogens with one attached hydrogen (secondary N) is 1. The fourth-order valence-corrected chi connectivity index (χ4v) is 2.14. The first-order valence-electron chi connectivity index (χ1n) is 6.63. The van der Waals surface area contributed by atoms with E-state index in [1.165, 1.54) is 18.2 Å². The summed E-state index contributed by atoms with van der Waals surface area (Å²) in [7, 11) is 0. The molecule has 22 heavy (non-hydrogen) atoms. The second-order valence-electron chi connectivity index (χ2n) is 5.05. The number of halogens is 2. The first-order chi connectivity index (χ1) is 10.4. The smallest absolute Gasteiger partial charge is 0.395 e. The van der Waals surface area contributed by atoms with E-state index in [2.05, 4.69) is 14.8 Å². The van der Waals surface area contributed by atoms with E-state index in [0.29, 0.717) is 5.56 Å². The van der Waals surface area contributed by atoms with Crippen LogP contribution in [0.25, 0.3) is 0 Å². The number of hydrogen-bond acceptors (Lipinski definition) is 3. The number of hydrogen-bond donors (Lipinski definition) is 1. The van der Waals surface area contributed by atoms with Crippen molar-refractivity contribution in [2.75, 3.05) is 5.32 Å². The standard InChI is InChI=1S/C16H13F2NO3/c1-9-6-7-11(8-10(9)2)15(20)19-12-4-3-5-13-14(12)22-16(17,18)21-13/h3-8H,1-2H3,(H,19,20). The van der Waals surface area contributed by atoms with Crippen LogP contribution in [-0.2, 0) is 0 Å². The van der Waals surface area contributed by atoms with Gasteiger partial charge in [-0.25, -0.2) is 0 Å². The number of alkyl halides is 2. The van der Waals surface area contributed by atoms with Crippen LogP contribution in [0.2, 0.25) is 0 Å². The molecule has 3 rings (SSSR count). The third kappa shape index (κ3) is 2.59. The number of benzene rings is 2. The maximum absolute atomic E-state index is 13.1. The second-order valence-corrected chi connectivity index (χ2v) is 5.05. The zero-order valence-corrected chi connectivity index (χ0v) is 11.9. The molecule has 1 N–H and O–H groups in total. The van der Waals surface area contributed by atoms with E-state index in [0.717, 1.165) is 11.1 Å². The van der Waals surface area contributed by atoms with Crippen molar-refractivity contribution >= 4 is 11.6 Å². The van der Waals surface area contributed by atoms with Gasteiger partial charge in [0.2, 0.25) is 0 Å². The minimum atomic E-state index is -3.72. The average Bonchev–Trinajstić information content (AvgIpc) is 2.77. The van der Waals surface area contributed by atoms with Crippen molar-refractivity contribution in [2.24, 2.45) is 0 Å². The van der Waals surface area contributed by atoms with E-state index in [-0.39, 0.29) is 17.2 Å². The van der Waals surface area contributed by atoms with Crippen LogP contribution in [0.5, 0.6) is 11.5 Å². The van der Waals surface area contributed by atoms with Crippen LogP contribution in [0.1, 0.15) is 21.5 Å². The monoisotopic (exact) mass is 305 g/mol. The van der Waals surface area contributed by atoms with Crippen LogP contribution in [-0.4, -0.2) is 12.2 Å². The molecule has 0 bridgehead atoms. The lowest BCUT2D eigenvalue weighted by Crippen LogP contribution is -2.26. The highest BCUT2D eigenvalue weighted by molar-refractivity contribution is 6.05. The van der Waals surface area contributed by atoms with Crippen LogP contribution < -0.4 is 14.8 Å². The third-order valence-electron chi connectivity index (χ3n) is 3.45. The number of anilines is 1. The Morgan fingerprint density at radius 2 is 1.86 bits per heavy atom. The lowest BCUT2D eigenvalue weighted by molar-refractivity contribution is -0.286. The molecular weight excluding hydrogens is 292 g/mol. The molecule has 0 saturated carbocycles. The predicted octanol–water partition coefficient (Wildman–Crippen LogP) is 3.88. The Hall–Kier alpha value is -2.63. The summed E-state index contributed by atoms with van der Waals surface area (Å²) in [5.41, 5.74) is 2.61. The molecule has 1 aliphatic heterocycles. The maximum atomic E-state index is 13.1. The van der Waals surface area contributed by atoms with E-state index in [1.807, 2.05) is 19.9 Å². The number of amides is 1. The molecule has 0 atom stereocenters. The van der Waals surface area contributed by atoms with Crippen molar-refractivity contribution in [2.45, 2.75) is 20.1 Å². The SMILES string of the molecule is Cc1ccc(C(=O)Nc2cccc3c2OC(F)(F)O3)cc1C. The Morgan fingerprint density at radius 3 is 2.59 bits per heavy atom. The summed E-state index contributed by atoms with van der Waals surface area (Å²) in [5.74, 6) is -0.692. The van der Waals surface area contributed by atoms with Crippen molar-refractivity contribution in [1.29, 1.82) is 0 Å². The Bertz CT molecular complexity index is 759. The van der Waals surface area contributed by atoms with Gasteiger partial charge >= 0.3 is 6.29 Å². The lowest BCUT2D eigenvalue weighted by atomic mass is 10.1. The third-order valence-corrected chi connectivity index (χ3v) is 3.45. The van der Waals surface area contributed by atoms with E-state index >= 15 is 0 Å². The summed E-state index contributed by atoms with van der Waals surface area (Å²) >= 11 is 0. The quantitative estimate of drug-likeness (QED) is 0.916. The van der Waals surface area contributed by atoms with Crippen LogP contribution in [0.3, 0.4) is 0 Å². The summed E-state index contributed by atoms with van der Waals surface area (Å²) in [6.45, 7) is 3.83. The molecule has 0 aliphatic carbocycles. The zero-order valence-electron chi connectivity index (χ0n) is 11.9. The molecule has 0 unspecified atom stereocenters. The number of para-hydroxylation sites is 1. The number of aryl methyl sites for hydroxylation is 2. The fourth-order valence-electron chi connectivity index (χ4n) is 2.14. The van der Waals surface area contributed by atoms with Crippen LogP contribution in [0, 0.1) is 13.8 Å². The average molecular weight is 305 g/mol. The predicted molar refractivity (Wildman–Crippen MR) is 76.5 cm³/mol. The Balaban J connectivity index is 1.87. The number of carbonyl (C=O) groups is 1. The van der Waals surface area contributed by atoms with Crippen molar-refractivity contribution in [3.05, 3.63) is 53.1 Å². The maximum Gasteiger partial charge on any atom is 0.586 e. The van der Waals surface area contributed by atoms with Gasteiger partial charge in [0.25, 0.3) is 5.91 Å². The van der Waals surface area contributed by atoms with Gasteiger partial charge in [-0.2, -0.15) is 0 Å². The number of rotatable bonds is 2. The van der Waals surface area contributed by atoms with Gasteiger partial charge in [0.1, 0.15) is 0 Å². The molecule has 0 fully saturated rings. The first kappa shape index (κ1) is 14.3. The topological polar surface area (TPSA) is 47.6 Å². The van der Waals surface area contributed by atoms with Crippen molar-refractivity contribution in [3.63, 3.8) is 0 Å². The molecule has 0 saturated heterocycles. The highest BCUT2D eigenvalue weighted by atomic mass is 19.3. The van der Waals surface area contributed by atoms with E-state index in [9.17, 15) is 13.6 Å². The molecule has 0 spiro atoms. The van der Waals surface area contributed by atoms with Gasteiger partial charge in [-0.3, -0.25) is 4.79 Å². The second kappa shape index (κ2) is 4.98. The zero-order chi connectivity index (χ0) is 15.9. The molecule has 114 valence electrons. The minimum absolute atomic E-state index is 0.108. The van der Waals surface area contributed by atoms with Crippen LogP contribution in [0.15, 0.2) is 36.4 Å². The molecule has 4 nitrogen and oxygen atoms in total. The molecule has 6 heteroatoms. The van der Waals surface area contributed by atoms with Gasteiger partial charge in [0.15, 0.2) is 11.5 Å². The van der Waals surface area contributed by atoms with Crippen molar-refractivity contribution in [1.82, 2.24) is 0 Å². The fraction of sp³-hybridized carbons (Fsp3) is 0.188. The molecule has 2 aromatic rings. The number of fused-ring (bicyclic) bond motifs is 1. The van der Waals surface area contributed by atoms with E-state index < -0.39 is 12.2 Å². The Morgan fingerprint density at radius 1 is 1.09 bits per heavy atom. The van der Waals surface area contributed by atoms with Gasteiger partial charge < -0.3 is 14.8 Å². The van der Waals surface area contributed by atoms with Crippen molar-refractivity contribution < 1.29 is 23.0 Å². The van der Waals surface area contributed by atoms with Gasteiger partial charge in [-0.15, -0.1) is 8.78 Å². The molecule has 2 aromatic carbocycles. The normalized spacial score (nSPS) is 14.7. The summed E-state index contributed by atoms with van der Waals surface area (Å²) in [6, 6.07) is 9.56. The number of carbonyl (C=O) groups excluding carboxylic acids is 1. The van der Waals surface area contributed by atoms with Gasteiger partial charge in [0.05, 0.1) is 5.69 Å². The minimum Gasteiger partial charge on any atom is -0.395 e. The summed E-state index contributed by atoms with van der Waals surface area (Å²) in [5, 5.41) is 2.57. The van der Waals surface area contributed by atoms with Gasteiger partial charge in [-0.1, -0.05) is 12.1 Å². The highest BCUT2D eigenvalue weighted by Gasteiger charge is 2.44. The molecule has 0 aromatic heterocycles. The summed E-state index contributed by atoms with van der Waals surface area (Å²) in [6.07, 6.45) is -3.72. The molecule has 1 heterocycles. The largest absolute Gasteiger partial charge is 0.586 e. The van der Waals surface area contributed by atoms with Crippen LogP contribution >= 0.6 is 0 Å². The molecule has 1 amide bonds. The number of ether oxygens (including phenoxy) is 2. The highest BCUT2D eigenvalue weighted by Crippen LogP contribution is 2.45. The summed E-state index contributed by atoms with van der Waals surface area (Å²) < 4.78 is 35.0. The van der Waals surface area contributed by atoms with Crippen LogP contribution in [0.4, 0.5) is 14.5 Å². The van der Waals surface area contributed by atoms with Gasteiger partial charge in [0, 0.05) is 5.56 Å². The Labute approximate surface area is 125 Å².